The second-order valence-electron chi connectivity index (χ2n) is 4.67. The van der Waals surface area contributed by atoms with E-state index in [9.17, 15) is 28.1 Å². The van der Waals surface area contributed by atoms with E-state index in [1.807, 2.05) is 0 Å². The van der Waals surface area contributed by atoms with Gasteiger partial charge >= 0.3 is 6.18 Å². The van der Waals surface area contributed by atoms with E-state index < -0.39 is 22.6 Å². The Hall–Kier alpha value is -3.10. The average Bonchev–Trinajstić information content (AvgIpc) is 2.53. The van der Waals surface area contributed by atoms with Gasteiger partial charge in [0.05, 0.1) is 23.2 Å². The van der Waals surface area contributed by atoms with Crippen LogP contribution in [0, 0.1) is 10.1 Å². The van der Waals surface area contributed by atoms with Gasteiger partial charge in [-0.15, -0.1) is 0 Å². The second-order valence-corrected chi connectivity index (χ2v) is 4.67. The number of nitrogens with one attached hydrogen (secondary N) is 1. The lowest BCUT2D eigenvalue weighted by atomic mass is 10.1. The summed E-state index contributed by atoms with van der Waals surface area (Å²) in [6.07, 6.45) is -4.55. The normalized spacial score (nSPS) is 11.0. The molecule has 0 saturated carbocycles. The van der Waals surface area contributed by atoms with E-state index in [4.69, 9.17) is 4.74 Å². The summed E-state index contributed by atoms with van der Waals surface area (Å²) in [6.45, 7) is 0. The zero-order chi connectivity index (χ0) is 17.9. The van der Waals surface area contributed by atoms with Crippen molar-refractivity contribution >= 4 is 17.3 Å². The summed E-state index contributed by atoms with van der Waals surface area (Å²) in [5.41, 5.74) is -1.52. The third kappa shape index (κ3) is 3.80. The number of nitrogens with zero attached hydrogens (tertiary/aromatic N) is 1. The molecule has 0 heterocycles. The minimum absolute atomic E-state index is 0.0603. The molecule has 0 radical (unpaired) electrons. The van der Waals surface area contributed by atoms with Crippen LogP contribution in [0.3, 0.4) is 0 Å². The van der Waals surface area contributed by atoms with Crippen molar-refractivity contribution in [3.05, 3.63) is 63.7 Å². The molecule has 1 amide bonds. The minimum Gasteiger partial charge on any atom is -0.496 e. The van der Waals surface area contributed by atoms with Crippen molar-refractivity contribution in [2.45, 2.75) is 6.18 Å². The summed E-state index contributed by atoms with van der Waals surface area (Å²) in [7, 11) is 1.27. The van der Waals surface area contributed by atoms with Gasteiger partial charge in [-0.1, -0.05) is 6.07 Å². The fourth-order valence-electron chi connectivity index (χ4n) is 1.96. The van der Waals surface area contributed by atoms with Crippen LogP contribution in [-0.4, -0.2) is 17.9 Å². The number of hydrogen-bond acceptors (Lipinski definition) is 4. The molecule has 9 heteroatoms. The molecule has 0 aliphatic heterocycles. The molecule has 0 atom stereocenters. The van der Waals surface area contributed by atoms with Crippen molar-refractivity contribution in [1.29, 1.82) is 0 Å². The lowest BCUT2D eigenvalue weighted by molar-refractivity contribution is -0.384. The lowest BCUT2D eigenvalue weighted by Crippen LogP contribution is -2.14. The summed E-state index contributed by atoms with van der Waals surface area (Å²) >= 11 is 0. The van der Waals surface area contributed by atoms with Crippen LogP contribution < -0.4 is 10.1 Å². The standard InChI is InChI=1S/C15H11F3N2O4/c1-24-13-6-5-11(20(22)23)8-12(13)14(21)19-10-4-2-3-9(7-10)15(16,17)18/h2-8H,1H3,(H,19,21). The Balaban J connectivity index is 2.33. The maximum absolute atomic E-state index is 12.7. The highest BCUT2D eigenvalue weighted by atomic mass is 19.4. The Bertz CT molecular complexity index is 791. The molecule has 1 N–H and O–H groups in total. The highest BCUT2D eigenvalue weighted by molar-refractivity contribution is 6.06. The van der Waals surface area contributed by atoms with Crippen LogP contribution in [0.4, 0.5) is 24.5 Å². The van der Waals surface area contributed by atoms with E-state index in [1.54, 1.807) is 0 Å². The average molecular weight is 340 g/mol. The number of halogens is 3. The second kappa shape index (κ2) is 6.57. The van der Waals surface area contributed by atoms with Gasteiger partial charge in [-0.2, -0.15) is 13.2 Å². The van der Waals surface area contributed by atoms with Gasteiger partial charge < -0.3 is 10.1 Å². The molecule has 0 aromatic heterocycles. The first-order valence-corrected chi connectivity index (χ1v) is 6.53. The fraction of sp³-hybridized carbons (Fsp3) is 0.133. The number of benzene rings is 2. The van der Waals surface area contributed by atoms with E-state index in [2.05, 4.69) is 5.32 Å². The number of nitro benzene ring substituents is 1. The Morgan fingerprint density at radius 1 is 1.21 bits per heavy atom. The van der Waals surface area contributed by atoms with Crippen LogP contribution in [0.15, 0.2) is 42.5 Å². The van der Waals surface area contributed by atoms with Crippen molar-refractivity contribution in [1.82, 2.24) is 0 Å². The molecule has 0 aliphatic rings. The largest absolute Gasteiger partial charge is 0.496 e. The Labute approximate surface area is 134 Å². The number of alkyl halides is 3. The number of hydrogen-bond donors (Lipinski definition) is 1. The summed E-state index contributed by atoms with van der Waals surface area (Å²) in [5.74, 6) is -0.764. The van der Waals surface area contributed by atoms with Crippen molar-refractivity contribution in [2.75, 3.05) is 12.4 Å². The molecule has 126 valence electrons. The first-order chi connectivity index (χ1) is 11.2. The molecule has 24 heavy (non-hydrogen) atoms. The summed E-state index contributed by atoms with van der Waals surface area (Å²) < 4.78 is 43.0. The number of rotatable bonds is 4. The highest BCUT2D eigenvalue weighted by Gasteiger charge is 2.30. The molecule has 2 aromatic carbocycles. The minimum atomic E-state index is -4.55. The zero-order valence-corrected chi connectivity index (χ0v) is 12.3. The Morgan fingerprint density at radius 3 is 2.50 bits per heavy atom. The maximum atomic E-state index is 12.7. The van der Waals surface area contributed by atoms with Gasteiger partial charge in [-0.25, -0.2) is 0 Å². The molecule has 0 unspecified atom stereocenters. The molecule has 2 aromatic rings. The summed E-state index contributed by atoms with van der Waals surface area (Å²) in [4.78, 5) is 22.3. The lowest BCUT2D eigenvalue weighted by Gasteiger charge is -2.11. The fourth-order valence-corrected chi connectivity index (χ4v) is 1.96. The van der Waals surface area contributed by atoms with Crippen LogP contribution in [-0.2, 0) is 6.18 Å². The topological polar surface area (TPSA) is 81.5 Å². The van der Waals surface area contributed by atoms with E-state index in [1.165, 1.54) is 19.2 Å². The van der Waals surface area contributed by atoms with Crippen LogP contribution in [0.25, 0.3) is 0 Å². The quantitative estimate of drug-likeness (QED) is 0.676. The number of anilines is 1. The maximum Gasteiger partial charge on any atom is 0.416 e. The van der Waals surface area contributed by atoms with E-state index in [0.717, 1.165) is 30.3 Å². The molecule has 2 rings (SSSR count). The molecular formula is C15H11F3N2O4. The molecule has 0 spiro atoms. The third-order valence-corrected chi connectivity index (χ3v) is 3.09. The van der Waals surface area contributed by atoms with Crippen molar-refractivity contribution in [3.8, 4) is 5.75 Å². The van der Waals surface area contributed by atoms with Crippen molar-refractivity contribution in [3.63, 3.8) is 0 Å². The first-order valence-electron chi connectivity index (χ1n) is 6.53. The molecule has 0 bridgehead atoms. The van der Waals surface area contributed by atoms with Gasteiger partial charge in [0.2, 0.25) is 0 Å². The number of methoxy groups -OCH3 is 1. The number of amides is 1. The molecule has 0 fully saturated rings. The van der Waals surface area contributed by atoms with Gasteiger partial charge in [-0.3, -0.25) is 14.9 Å². The predicted molar refractivity (Wildman–Crippen MR) is 79.0 cm³/mol. The van der Waals surface area contributed by atoms with Crippen LogP contribution >= 0.6 is 0 Å². The Morgan fingerprint density at radius 2 is 1.92 bits per heavy atom. The number of ether oxygens (including phenoxy) is 1. The summed E-state index contributed by atoms with van der Waals surface area (Å²) in [6, 6.07) is 7.42. The molecule has 0 saturated heterocycles. The van der Waals surface area contributed by atoms with Crippen LogP contribution in [0.1, 0.15) is 15.9 Å². The number of carbonyl (C=O) groups is 1. The smallest absolute Gasteiger partial charge is 0.416 e. The Kier molecular flexibility index (Phi) is 4.72. The number of nitro groups is 1. The van der Waals surface area contributed by atoms with Gasteiger partial charge in [0.25, 0.3) is 11.6 Å². The highest BCUT2D eigenvalue weighted by Crippen LogP contribution is 2.31. The van der Waals surface area contributed by atoms with E-state index in [0.29, 0.717) is 0 Å². The molecule has 0 aliphatic carbocycles. The SMILES string of the molecule is COc1ccc([N+](=O)[O-])cc1C(=O)Nc1cccc(C(F)(F)F)c1. The van der Waals surface area contributed by atoms with E-state index >= 15 is 0 Å². The number of non-ortho nitro benzene ring substituents is 1. The summed E-state index contributed by atoms with van der Waals surface area (Å²) in [5, 5.41) is 13.1. The first kappa shape index (κ1) is 17.3. The van der Waals surface area contributed by atoms with Gasteiger partial charge in [0.15, 0.2) is 0 Å². The molecule has 6 nitrogen and oxygen atoms in total. The van der Waals surface area contributed by atoms with Gasteiger partial charge in [-0.05, 0) is 24.3 Å². The van der Waals surface area contributed by atoms with Crippen LogP contribution in [0.2, 0.25) is 0 Å². The third-order valence-electron chi connectivity index (χ3n) is 3.09. The van der Waals surface area contributed by atoms with Crippen LogP contribution in [0.5, 0.6) is 5.75 Å². The van der Waals surface area contributed by atoms with Crippen molar-refractivity contribution < 1.29 is 27.6 Å². The van der Waals surface area contributed by atoms with Gasteiger partial charge in [0.1, 0.15) is 5.75 Å². The molecular weight excluding hydrogens is 329 g/mol. The predicted octanol–water partition coefficient (Wildman–Crippen LogP) is 3.87. The van der Waals surface area contributed by atoms with E-state index in [-0.39, 0.29) is 22.7 Å². The monoisotopic (exact) mass is 340 g/mol. The van der Waals surface area contributed by atoms with Crippen molar-refractivity contribution in [2.24, 2.45) is 0 Å². The zero-order valence-electron chi connectivity index (χ0n) is 12.3. The van der Waals surface area contributed by atoms with Gasteiger partial charge in [0, 0.05) is 17.8 Å². The number of carbonyl (C=O) groups excluding carboxylic acids is 1.